The van der Waals surface area contributed by atoms with Gasteiger partial charge in [-0.2, -0.15) is 0 Å². The molecule has 0 aliphatic rings. The molecule has 3 aromatic rings. The number of ether oxygens (including phenoxy) is 1. The minimum atomic E-state index is -0.472. The molecule has 3 rings (SSSR count). The zero-order valence-corrected chi connectivity index (χ0v) is 11.5. The SMILES string of the molecule is O=C(OCc1cc(-c2ccco2)on1)c1cccc(Cl)c1. The second-order valence-corrected chi connectivity index (χ2v) is 4.68. The fourth-order valence-corrected chi connectivity index (χ4v) is 1.94. The zero-order valence-electron chi connectivity index (χ0n) is 10.8. The lowest BCUT2D eigenvalue weighted by molar-refractivity contribution is 0.0464. The molecule has 0 aliphatic carbocycles. The Morgan fingerprint density at radius 1 is 1.19 bits per heavy atom. The van der Waals surface area contributed by atoms with E-state index in [0.717, 1.165) is 0 Å². The van der Waals surface area contributed by atoms with E-state index in [9.17, 15) is 4.79 Å². The Balaban J connectivity index is 1.64. The third-order valence-corrected chi connectivity index (χ3v) is 2.97. The highest BCUT2D eigenvalue weighted by molar-refractivity contribution is 6.30. The number of carbonyl (C=O) groups excluding carboxylic acids is 1. The van der Waals surface area contributed by atoms with Crippen LogP contribution in [0.1, 0.15) is 16.1 Å². The molecule has 0 spiro atoms. The van der Waals surface area contributed by atoms with E-state index in [-0.39, 0.29) is 6.61 Å². The standard InChI is InChI=1S/C15H10ClNO4/c16-11-4-1-3-10(7-11)15(18)20-9-12-8-14(21-17-12)13-5-2-6-19-13/h1-8H,9H2. The van der Waals surface area contributed by atoms with Crippen LogP contribution in [0, 0.1) is 0 Å². The largest absolute Gasteiger partial charge is 0.461 e. The maximum Gasteiger partial charge on any atom is 0.338 e. The Labute approximate surface area is 125 Å². The van der Waals surface area contributed by atoms with Gasteiger partial charge >= 0.3 is 5.97 Å². The number of aromatic nitrogens is 1. The van der Waals surface area contributed by atoms with Crippen LogP contribution in [0.3, 0.4) is 0 Å². The Morgan fingerprint density at radius 3 is 2.86 bits per heavy atom. The maximum absolute atomic E-state index is 11.8. The van der Waals surface area contributed by atoms with Crippen LogP contribution in [0.5, 0.6) is 0 Å². The molecular formula is C15H10ClNO4. The van der Waals surface area contributed by atoms with Crippen molar-refractivity contribution in [2.75, 3.05) is 0 Å². The molecule has 0 saturated carbocycles. The Hall–Kier alpha value is -2.53. The van der Waals surface area contributed by atoms with Gasteiger partial charge in [0.15, 0.2) is 5.76 Å². The number of hydrogen-bond donors (Lipinski definition) is 0. The van der Waals surface area contributed by atoms with E-state index in [2.05, 4.69) is 5.16 Å². The molecular weight excluding hydrogens is 294 g/mol. The summed E-state index contributed by atoms with van der Waals surface area (Å²) in [6.07, 6.45) is 1.54. The average molecular weight is 304 g/mol. The lowest BCUT2D eigenvalue weighted by Crippen LogP contribution is -2.05. The summed E-state index contributed by atoms with van der Waals surface area (Å²) in [7, 11) is 0. The highest BCUT2D eigenvalue weighted by atomic mass is 35.5. The van der Waals surface area contributed by atoms with E-state index < -0.39 is 5.97 Å². The predicted octanol–water partition coefficient (Wildman–Crippen LogP) is 3.95. The molecule has 2 heterocycles. The van der Waals surface area contributed by atoms with E-state index >= 15 is 0 Å². The van der Waals surface area contributed by atoms with Gasteiger partial charge in [0.2, 0.25) is 5.76 Å². The summed E-state index contributed by atoms with van der Waals surface area (Å²) in [6, 6.07) is 11.7. The monoisotopic (exact) mass is 303 g/mol. The van der Waals surface area contributed by atoms with Crippen molar-refractivity contribution in [3.05, 3.63) is 65.0 Å². The number of carbonyl (C=O) groups is 1. The summed E-state index contributed by atoms with van der Waals surface area (Å²) in [4.78, 5) is 11.8. The number of furan rings is 1. The molecule has 0 N–H and O–H groups in total. The summed E-state index contributed by atoms with van der Waals surface area (Å²) < 4.78 is 15.4. The predicted molar refractivity (Wildman–Crippen MR) is 74.8 cm³/mol. The molecule has 0 atom stereocenters. The molecule has 5 nitrogen and oxygen atoms in total. The molecule has 6 heteroatoms. The summed E-state index contributed by atoms with van der Waals surface area (Å²) in [6.45, 7) is 0.00948. The van der Waals surface area contributed by atoms with Crippen molar-refractivity contribution in [2.24, 2.45) is 0 Å². The smallest absolute Gasteiger partial charge is 0.338 e. The maximum atomic E-state index is 11.8. The third-order valence-electron chi connectivity index (χ3n) is 2.73. The van der Waals surface area contributed by atoms with Crippen LogP contribution in [0.2, 0.25) is 5.02 Å². The molecule has 1 aromatic carbocycles. The fraction of sp³-hybridized carbons (Fsp3) is 0.0667. The quantitative estimate of drug-likeness (QED) is 0.683. The number of esters is 1. The highest BCUT2D eigenvalue weighted by Crippen LogP contribution is 2.21. The van der Waals surface area contributed by atoms with Gasteiger partial charge in [0.05, 0.1) is 11.8 Å². The number of halogens is 1. The van der Waals surface area contributed by atoms with E-state index in [1.807, 2.05) is 0 Å². The Bertz CT molecular complexity index is 749. The van der Waals surface area contributed by atoms with E-state index in [0.29, 0.717) is 27.8 Å². The molecule has 0 amide bonds. The highest BCUT2D eigenvalue weighted by Gasteiger charge is 2.12. The molecule has 2 aromatic heterocycles. The van der Waals surface area contributed by atoms with Crippen molar-refractivity contribution in [1.29, 1.82) is 0 Å². The van der Waals surface area contributed by atoms with Gasteiger partial charge in [0.25, 0.3) is 0 Å². The Kier molecular flexibility index (Phi) is 3.75. The van der Waals surface area contributed by atoms with Crippen molar-refractivity contribution in [3.63, 3.8) is 0 Å². The van der Waals surface area contributed by atoms with Crippen molar-refractivity contribution in [3.8, 4) is 11.5 Å². The summed E-state index contributed by atoms with van der Waals surface area (Å²) in [5, 5.41) is 4.29. The third kappa shape index (κ3) is 3.14. The van der Waals surface area contributed by atoms with Crippen molar-refractivity contribution < 1.29 is 18.5 Å². The summed E-state index contributed by atoms with van der Waals surface area (Å²) in [5.41, 5.74) is 0.883. The molecule has 21 heavy (non-hydrogen) atoms. The molecule has 0 saturated heterocycles. The van der Waals surface area contributed by atoms with E-state index in [4.69, 9.17) is 25.3 Å². The second kappa shape index (κ2) is 5.85. The molecule has 0 fully saturated rings. The van der Waals surface area contributed by atoms with Gasteiger partial charge in [0, 0.05) is 11.1 Å². The normalized spacial score (nSPS) is 10.5. The molecule has 0 bridgehead atoms. The summed E-state index contributed by atoms with van der Waals surface area (Å²) >= 11 is 5.82. The van der Waals surface area contributed by atoms with E-state index in [1.54, 1.807) is 42.5 Å². The number of nitrogens with zero attached hydrogens (tertiary/aromatic N) is 1. The molecule has 0 radical (unpaired) electrons. The summed E-state index contributed by atoms with van der Waals surface area (Å²) in [5.74, 6) is 0.573. The lowest BCUT2D eigenvalue weighted by atomic mass is 10.2. The first kappa shape index (κ1) is 13.5. The minimum absolute atomic E-state index is 0.00948. The van der Waals surface area contributed by atoms with Crippen LogP contribution in [0.4, 0.5) is 0 Å². The Morgan fingerprint density at radius 2 is 2.10 bits per heavy atom. The lowest BCUT2D eigenvalue weighted by Gasteiger charge is -2.02. The number of benzene rings is 1. The van der Waals surface area contributed by atoms with Crippen LogP contribution in [-0.2, 0) is 11.3 Å². The molecule has 106 valence electrons. The van der Waals surface area contributed by atoms with Gasteiger partial charge in [-0.05, 0) is 30.3 Å². The minimum Gasteiger partial charge on any atom is -0.461 e. The van der Waals surface area contributed by atoms with Gasteiger partial charge in [-0.25, -0.2) is 4.79 Å². The number of rotatable bonds is 4. The van der Waals surface area contributed by atoms with Crippen molar-refractivity contribution >= 4 is 17.6 Å². The fourth-order valence-electron chi connectivity index (χ4n) is 1.75. The zero-order chi connectivity index (χ0) is 14.7. The van der Waals surface area contributed by atoms with Crippen molar-refractivity contribution in [1.82, 2.24) is 5.16 Å². The molecule has 0 unspecified atom stereocenters. The second-order valence-electron chi connectivity index (χ2n) is 4.25. The van der Waals surface area contributed by atoms with Crippen LogP contribution >= 0.6 is 11.6 Å². The van der Waals surface area contributed by atoms with Gasteiger partial charge in [-0.1, -0.05) is 22.8 Å². The first-order valence-electron chi connectivity index (χ1n) is 6.14. The topological polar surface area (TPSA) is 65.5 Å². The number of hydrogen-bond acceptors (Lipinski definition) is 5. The van der Waals surface area contributed by atoms with Gasteiger partial charge in [-0.3, -0.25) is 0 Å². The van der Waals surface area contributed by atoms with Crippen LogP contribution in [0.25, 0.3) is 11.5 Å². The van der Waals surface area contributed by atoms with Crippen LogP contribution in [0.15, 0.2) is 57.7 Å². The first-order valence-corrected chi connectivity index (χ1v) is 6.52. The van der Waals surface area contributed by atoms with Crippen LogP contribution in [-0.4, -0.2) is 11.1 Å². The van der Waals surface area contributed by atoms with Crippen molar-refractivity contribution in [2.45, 2.75) is 6.61 Å². The average Bonchev–Trinajstić information content (AvgIpc) is 3.15. The first-order chi connectivity index (χ1) is 10.2. The van der Waals surface area contributed by atoms with Gasteiger partial charge < -0.3 is 13.7 Å². The molecule has 0 aliphatic heterocycles. The van der Waals surface area contributed by atoms with Gasteiger partial charge in [0.1, 0.15) is 12.3 Å². The van der Waals surface area contributed by atoms with Crippen LogP contribution < -0.4 is 0 Å². The van der Waals surface area contributed by atoms with E-state index in [1.165, 1.54) is 6.26 Å². The van der Waals surface area contributed by atoms with Gasteiger partial charge in [-0.15, -0.1) is 0 Å².